The lowest BCUT2D eigenvalue weighted by Crippen LogP contribution is -2.06. The summed E-state index contributed by atoms with van der Waals surface area (Å²) in [5, 5.41) is 0. The van der Waals surface area contributed by atoms with Crippen molar-refractivity contribution in [1.29, 1.82) is 0 Å². The summed E-state index contributed by atoms with van der Waals surface area (Å²) in [7, 11) is 0. The molecule has 2 aliphatic rings. The minimum absolute atomic E-state index is 0.383. The quantitative estimate of drug-likeness (QED) is 0.700. The highest BCUT2D eigenvalue weighted by Gasteiger charge is 2.29. The molecule has 0 aliphatic heterocycles. The Morgan fingerprint density at radius 2 is 1.88 bits per heavy atom. The van der Waals surface area contributed by atoms with Crippen LogP contribution in [-0.4, -0.2) is 5.78 Å². The van der Waals surface area contributed by atoms with Gasteiger partial charge in [-0.25, -0.2) is 0 Å². The molecule has 0 saturated heterocycles. The first-order chi connectivity index (χ1) is 7.68. The average molecular weight is 214 g/mol. The molecule has 3 rings (SSSR count). The van der Waals surface area contributed by atoms with E-state index in [0.29, 0.717) is 11.7 Å². The molecule has 0 saturated carbocycles. The van der Waals surface area contributed by atoms with Crippen LogP contribution < -0.4 is 0 Å². The predicted octanol–water partition coefficient (Wildman–Crippen LogP) is 3.43. The van der Waals surface area contributed by atoms with Gasteiger partial charge in [0.2, 0.25) is 0 Å². The highest BCUT2D eigenvalue weighted by Crippen LogP contribution is 2.38. The van der Waals surface area contributed by atoms with Gasteiger partial charge in [-0.15, -0.1) is 0 Å². The summed E-state index contributed by atoms with van der Waals surface area (Å²) < 4.78 is 0. The molecule has 1 aromatic rings. The molecule has 16 heavy (non-hydrogen) atoms. The number of carbonyl (C=O) groups is 1. The summed E-state index contributed by atoms with van der Waals surface area (Å²) >= 11 is 0. The fourth-order valence-corrected chi connectivity index (χ4v) is 3.38. The Labute approximate surface area is 96.9 Å². The van der Waals surface area contributed by atoms with E-state index >= 15 is 0 Å². The molecule has 0 aromatic heterocycles. The van der Waals surface area contributed by atoms with Gasteiger partial charge in [0.15, 0.2) is 5.78 Å². The van der Waals surface area contributed by atoms with Crippen LogP contribution in [0.5, 0.6) is 0 Å². The highest BCUT2D eigenvalue weighted by molar-refractivity contribution is 6.02. The molecular weight excluding hydrogens is 196 g/mol. The second kappa shape index (κ2) is 3.44. The van der Waals surface area contributed by atoms with Crippen molar-refractivity contribution in [1.82, 2.24) is 0 Å². The first kappa shape index (κ1) is 10.1. The van der Waals surface area contributed by atoms with Gasteiger partial charge in [0, 0.05) is 12.0 Å². The Kier molecular flexibility index (Phi) is 2.17. The van der Waals surface area contributed by atoms with E-state index in [0.717, 1.165) is 18.4 Å². The van der Waals surface area contributed by atoms with E-state index in [1.807, 2.05) is 0 Å². The second-order valence-electron chi connectivity index (χ2n) is 5.39. The Hall–Kier alpha value is -1.11. The zero-order valence-corrected chi connectivity index (χ0v) is 10.1. The fourth-order valence-electron chi connectivity index (χ4n) is 3.38. The molecule has 2 aliphatic carbocycles. The third kappa shape index (κ3) is 1.27. The number of benzene rings is 1. The van der Waals surface area contributed by atoms with Crippen LogP contribution in [0.1, 0.15) is 65.2 Å². The molecular formula is C15H18O. The standard InChI is InChI=1S/C15H18O/c1-9(2)14-12-5-3-4-10(12)8-11-6-7-13(16)15(11)14/h8-9H,3-7H2,1-2H3. The number of ketones is 1. The van der Waals surface area contributed by atoms with Gasteiger partial charge >= 0.3 is 0 Å². The van der Waals surface area contributed by atoms with Gasteiger partial charge in [-0.1, -0.05) is 19.9 Å². The SMILES string of the molecule is CC(C)c1c2c(cc3c1C(=O)CC3)CCC2. The molecule has 0 N–H and O–H groups in total. The molecule has 0 unspecified atom stereocenters. The van der Waals surface area contributed by atoms with E-state index in [1.165, 1.54) is 41.5 Å². The molecule has 0 atom stereocenters. The van der Waals surface area contributed by atoms with E-state index in [2.05, 4.69) is 19.9 Å². The monoisotopic (exact) mass is 214 g/mol. The Morgan fingerprint density at radius 3 is 2.62 bits per heavy atom. The van der Waals surface area contributed by atoms with Crippen molar-refractivity contribution in [2.45, 2.75) is 51.9 Å². The van der Waals surface area contributed by atoms with Gasteiger partial charge in [0.1, 0.15) is 0 Å². The first-order valence-corrected chi connectivity index (χ1v) is 6.39. The number of Topliss-reactive ketones (excluding diaryl/α,β-unsaturated/α-hetero) is 1. The molecule has 0 radical (unpaired) electrons. The molecule has 1 heteroatoms. The maximum Gasteiger partial charge on any atom is 0.163 e. The Morgan fingerprint density at radius 1 is 1.06 bits per heavy atom. The minimum atomic E-state index is 0.383. The van der Waals surface area contributed by atoms with Crippen molar-refractivity contribution in [2.24, 2.45) is 0 Å². The summed E-state index contributed by atoms with van der Waals surface area (Å²) in [6.45, 7) is 4.44. The molecule has 0 fully saturated rings. The van der Waals surface area contributed by atoms with Crippen molar-refractivity contribution in [2.75, 3.05) is 0 Å². The third-order valence-corrected chi connectivity index (χ3v) is 4.00. The maximum absolute atomic E-state index is 12.0. The molecule has 1 nitrogen and oxygen atoms in total. The van der Waals surface area contributed by atoms with Crippen LogP contribution >= 0.6 is 0 Å². The average Bonchev–Trinajstić information content (AvgIpc) is 2.82. The Balaban J connectivity index is 2.30. The van der Waals surface area contributed by atoms with Crippen LogP contribution in [0.15, 0.2) is 6.07 Å². The summed E-state index contributed by atoms with van der Waals surface area (Å²) in [5.74, 6) is 0.872. The number of hydrogen-bond acceptors (Lipinski definition) is 1. The van der Waals surface area contributed by atoms with Crippen LogP contribution in [0, 0.1) is 0 Å². The summed E-state index contributed by atoms with van der Waals surface area (Å²) in [5.41, 5.74) is 6.83. The van der Waals surface area contributed by atoms with Gasteiger partial charge in [-0.3, -0.25) is 4.79 Å². The van der Waals surface area contributed by atoms with Crippen LogP contribution in [-0.2, 0) is 19.3 Å². The lowest BCUT2D eigenvalue weighted by molar-refractivity contribution is 0.0993. The second-order valence-corrected chi connectivity index (χ2v) is 5.39. The third-order valence-electron chi connectivity index (χ3n) is 4.00. The van der Waals surface area contributed by atoms with E-state index < -0.39 is 0 Å². The van der Waals surface area contributed by atoms with Crippen molar-refractivity contribution < 1.29 is 4.79 Å². The highest BCUT2D eigenvalue weighted by atomic mass is 16.1. The summed E-state index contributed by atoms with van der Waals surface area (Å²) in [6.07, 6.45) is 5.38. The van der Waals surface area contributed by atoms with Crippen LogP contribution in [0.3, 0.4) is 0 Å². The fraction of sp³-hybridized carbons (Fsp3) is 0.533. The number of carbonyl (C=O) groups excluding carboxylic acids is 1. The van der Waals surface area contributed by atoms with Gasteiger partial charge in [0.25, 0.3) is 0 Å². The van der Waals surface area contributed by atoms with Gasteiger partial charge in [0.05, 0.1) is 0 Å². The largest absolute Gasteiger partial charge is 0.294 e. The van der Waals surface area contributed by atoms with E-state index in [1.54, 1.807) is 0 Å². The zero-order chi connectivity index (χ0) is 11.3. The van der Waals surface area contributed by atoms with Crippen LogP contribution in [0.4, 0.5) is 0 Å². The van der Waals surface area contributed by atoms with E-state index in [4.69, 9.17) is 0 Å². The normalized spacial score (nSPS) is 18.1. The van der Waals surface area contributed by atoms with E-state index in [9.17, 15) is 4.79 Å². The van der Waals surface area contributed by atoms with Crippen molar-refractivity contribution in [3.05, 3.63) is 33.9 Å². The lowest BCUT2D eigenvalue weighted by Gasteiger charge is -2.17. The van der Waals surface area contributed by atoms with Crippen LogP contribution in [0.2, 0.25) is 0 Å². The first-order valence-electron chi connectivity index (χ1n) is 6.39. The van der Waals surface area contributed by atoms with Gasteiger partial charge in [-0.05, 0) is 53.9 Å². The van der Waals surface area contributed by atoms with Crippen molar-refractivity contribution in [3.8, 4) is 0 Å². The molecule has 0 heterocycles. The number of hydrogen-bond donors (Lipinski definition) is 0. The molecule has 0 spiro atoms. The summed E-state index contributed by atoms with van der Waals surface area (Å²) in [6, 6.07) is 2.31. The smallest absolute Gasteiger partial charge is 0.163 e. The number of rotatable bonds is 1. The van der Waals surface area contributed by atoms with Crippen LogP contribution in [0.25, 0.3) is 0 Å². The van der Waals surface area contributed by atoms with Crippen molar-refractivity contribution in [3.63, 3.8) is 0 Å². The molecule has 0 amide bonds. The predicted molar refractivity (Wildman–Crippen MR) is 65.2 cm³/mol. The summed E-state index contributed by atoms with van der Waals surface area (Å²) in [4.78, 5) is 12.0. The number of fused-ring (bicyclic) bond motifs is 2. The maximum atomic E-state index is 12.0. The van der Waals surface area contributed by atoms with Gasteiger partial charge in [-0.2, -0.15) is 0 Å². The number of aryl methyl sites for hydroxylation is 2. The molecule has 1 aromatic carbocycles. The zero-order valence-electron chi connectivity index (χ0n) is 10.1. The molecule has 0 bridgehead atoms. The topological polar surface area (TPSA) is 17.1 Å². The molecule has 84 valence electrons. The minimum Gasteiger partial charge on any atom is -0.294 e. The lowest BCUT2D eigenvalue weighted by atomic mass is 9.87. The van der Waals surface area contributed by atoms with Crippen molar-refractivity contribution >= 4 is 5.78 Å². The Bertz CT molecular complexity index is 469. The van der Waals surface area contributed by atoms with Gasteiger partial charge < -0.3 is 0 Å². The van der Waals surface area contributed by atoms with E-state index in [-0.39, 0.29) is 0 Å².